The first kappa shape index (κ1) is 10.2. The molecule has 1 aromatic carbocycles. The minimum Gasteiger partial charge on any atom is -0.489 e. The van der Waals surface area contributed by atoms with Gasteiger partial charge in [0.2, 0.25) is 0 Å². The quantitative estimate of drug-likeness (QED) is 0.761. The van der Waals surface area contributed by atoms with Crippen molar-refractivity contribution in [2.24, 2.45) is 0 Å². The van der Waals surface area contributed by atoms with Crippen LogP contribution in [0, 0.1) is 6.92 Å². The van der Waals surface area contributed by atoms with Crippen molar-refractivity contribution in [3.63, 3.8) is 0 Å². The summed E-state index contributed by atoms with van der Waals surface area (Å²) in [5, 5.41) is 3.25. The third-order valence-electron chi connectivity index (χ3n) is 2.64. The van der Waals surface area contributed by atoms with Crippen molar-refractivity contribution in [2.45, 2.75) is 19.4 Å². The van der Waals surface area contributed by atoms with Gasteiger partial charge in [-0.15, -0.1) is 0 Å². The van der Waals surface area contributed by atoms with Gasteiger partial charge in [0, 0.05) is 12.1 Å². The molecule has 1 aromatic rings. The molecule has 2 rings (SSSR count). The van der Waals surface area contributed by atoms with E-state index in [-0.39, 0.29) is 6.10 Å². The van der Waals surface area contributed by atoms with Crippen LogP contribution in [0.1, 0.15) is 22.3 Å². The summed E-state index contributed by atoms with van der Waals surface area (Å²) in [5.74, 6) is 0.884. The van der Waals surface area contributed by atoms with Gasteiger partial charge in [-0.1, -0.05) is 0 Å². The molecule has 0 bridgehead atoms. The Bertz CT molecular complexity index is 357. The third-order valence-corrected chi connectivity index (χ3v) is 2.64. The molecule has 80 valence electrons. The fraction of sp³-hybridized carbons (Fsp3) is 0.417. The fourth-order valence-electron chi connectivity index (χ4n) is 1.79. The molecule has 1 aliphatic rings. The van der Waals surface area contributed by atoms with Crippen LogP contribution in [0.2, 0.25) is 0 Å². The fourth-order valence-corrected chi connectivity index (χ4v) is 1.79. The highest BCUT2D eigenvalue weighted by molar-refractivity contribution is 5.75. The molecule has 1 unspecified atom stereocenters. The van der Waals surface area contributed by atoms with E-state index in [4.69, 9.17) is 4.74 Å². The van der Waals surface area contributed by atoms with Gasteiger partial charge in [0.15, 0.2) is 0 Å². The summed E-state index contributed by atoms with van der Waals surface area (Å²) >= 11 is 0. The van der Waals surface area contributed by atoms with Crippen LogP contribution in [0.3, 0.4) is 0 Å². The van der Waals surface area contributed by atoms with Crippen LogP contribution in [0.15, 0.2) is 18.2 Å². The number of hydrogen-bond donors (Lipinski definition) is 1. The Morgan fingerprint density at radius 1 is 1.53 bits per heavy atom. The average Bonchev–Trinajstić information content (AvgIpc) is 2.74. The van der Waals surface area contributed by atoms with Gasteiger partial charge in [-0.05, 0) is 43.7 Å². The predicted octanol–water partition coefficient (Wildman–Crippen LogP) is 1.55. The van der Waals surface area contributed by atoms with Crippen LogP contribution in [-0.2, 0) is 0 Å². The Morgan fingerprint density at radius 3 is 3.00 bits per heavy atom. The molecule has 1 atom stereocenters. The maximum Gasteiger partial charge on any atom is 0.150 e. The second-order valence-corrected chi connectivity index (χ2v) is 3.88. The molecule has 3 heteroatoms. The lowest BCUT2D eigenvalue weighted by Gasteiger charge is -2.14. The lowest BCUT2D eigenvalue weighted by Crippen LogP contribution is -2.19. The molecule has 1 saturated heterocycles. The zero-order chi connectivity index (χ0) is 10.7. The molecular formula is C12H15NO2. The van der Waals surface area contributed by atoms with Crippen molar-refractivity contribution in [3.05, 3.63) is 29.3 Å². The molecule has 15 heavy (non-hydrogen) atoms. The van der Waals surface area contributed by atoms with Crippen LogP contribution in [0.25, 0.3) is 0 Å². The number of benzene rings is 1. The smallest absolute Gasteiger partial charge is 0.150 e. The van der Waals surface area contributed by atoms with Crippen molar-refractivity contribution < 1.29 is 9.53 Å². The summed E-state index contributed by atoms with van der Waals surface area (Å²) in [6.45, 7) is 3.90. The standard InChI is InChI=1S/C12H15NO2/c1-9-6-10(8-14)2-3-12(9)15-11-4-5-13-7-11/h2-3,6,8,11,13H,4-5,7H2,1H3. The molecule has 1 heterocycles. The number of ether oxygens (including phenoxy) is 1. The summed E-state index contributed by atoms with van der Waals surface area (Å²) in [6.07, 6.45) is 2.17. The van der Waals surface area contributed by atoms with Crippen LogP contribution in [0.4, 0.5) is 0 Å². The first-order chi connectivity index (χ1) is 7.29. The number of nitrogens with one attached hydrogen (secondary N) is 1. The van der Waals surface area contributed by atoms with Crippen LogP contribution < -0.4 is 10.1 Å². The molecular weight excluding hydrogens is 190 g/mol. The summed E-state index contributed by atoms with van der Waals surface area (Å²) in [5.41, 5.74) is 1.72. The number of rotatable bonds is 3. The van der Waals surface area contributed by atoms with Gasteiger partial charge in [-0.25, -0.2) is 0 Å². The van der Waals surface area contributed by atoms with Crippen LogP contribution >= 0.6 is 0 Å². The highest BCUT2D eigenvalue weighted by atomic mass is 16.5. The van der Waals surface area contributed by atoms with Gasteiger partial charge >= 0.3 is 0 Å². The average molecular weight is 205 g/mol. The van der Waals surface area contributed by atoms with Crippen molar-refractivity contribution in [1.29, 1.82) is 0 Å². The van der Waals surface area contributed by atoms with Crippen LogP contribution in [-0.4, -0.2) is 25.5 Å². The maximum atomic E-state index is 10.6. The highest BCUT2D eigenvalue weighted by Gasteiger charge is 2.16. The minimum absolute atomic E-state index is 0.269. The van der Waals surface area contributed by atoms with Gasteiger partial charge in [0.1, 0.15) is 18.1 Å². The predicted molar refractivity (Wildman–Crippen MR) is 58.5 cm³/mol. The van der Waals surface area contributed by atoms with E-state index in [1.165, 1.54) is 0 Å². The maximum absolute atomic E-state index is 10.6. The van der Waals surface area contributed by atoms with E-state index in [0.717, 1.165) is 37.1 Å². The molecule has 0 amide bonds. The zero-order valence-corrected chi connectivity index (χ0v) is 8.82. The van der Waals surface area contributed by atoms with E-state index < -0.39 is 0 Å². The summed E-state index contributed by atoms with van der Waals surface area (Å²) in [6, 6.07) is 5.51. The third kappa shape index (κ3) is 2.36. The second-order valence-electron chi connectivity index (χ2n) is 3.88. The van der Waals surface area contributed by atoms with Gasteiger partial charge in [0.05, 0.1) is 0 Å². The molecule has 1 aliphatic heterocycles. The molecule has 3 nitrogen and oxygen atoms in total. The summed E-state index contributed by atoms with van der Waals surface area (Å²) in [7, 11) is 0. The number of aryl methyl sites for hydroxylation is 1. The van der Waals surface area contributed by atoms with Gasteiger partial charge < -0.3 is 10.1 Å². The summed E-state index contributed by atoms with van der Waals surface area (Å²) in [4.78, 5) is 10.6. The molecule has 0 aliphatic carbocycles. The van der Waals surface area contributed by atoms with Gasteiger partial charge in [0.25, 0.3) is 0 Å². The highest BCUT2D eigenvalue weighted by Crippen LogP contribution is 2.21. The Kier molecular flexibility index (Phi) is 3.02. The topological polar surface area (TPSA) is 38.3 Å². The van der Waals surface area contributed by atoms with Crippen molar-refractivity contribution in [2.75, 3.05) is 13.1 Å². The van der Waals surface area contributed by atoms with E-state index in [2.05, 4.69) is 5.32 Å². The Balaban J connectivity index is 2.10. The zero-order valence-electron chi connectivity index (χ0n) is 8.82. The van der Waals surface area contributed by atoms with Crippen molar-refractivity contribution >= 4 is 6.29 Å². The number of hydrogen-bond acceptors (Lipinski definition) is 3. The number of carbonyl (C=O) groups excluding carboxylic acids is 1. The van der Waals surface area contributed by atoms with E-state index in [1.807, 2.05) is 19.1 Å². The first-order valence-corrected chi connectivity index (χ1v) is 5.23. The normalized spacial score (nSPS) is 20.2. The summed E-state index contributed by atoms with van der Waals surface area (Å²) < 4.78 is 5.83. The molecule has 0 spiro atoms. The molecule has 0 saturated carbocycles. The first-order valence-electron chi connectivity index (χ1n) is 5.23. The van der Waals surface area contributed by atoms with Gasteiger partial charge in [-0.2, -0.15) is 0 Å². The molecule has 0 aromatic heterocycles. The van der Waals surface area contributed by atoms with E-state index in [9.17, 15) is 4.79 Å². The Morgan fingerprint density at radius 2 is 2.40 bits per heavy atom. The molecule has 0 radical (unpaired) electrons. The number of carbonyl (C=O) groups is 1. The largest absolute Gasteiger partial charge is 0.489 e. The molecule has 1 N–H and O–H groups in total. The van der Waals surface area contributed by atoms with Crippen LogP contribution in [0.5, 0.6) is 5.75 Å². The lowest BCUT2D eigenvalue weighted by molar-refractivity contribution is 0.112. The number of aldehydes is 1. The SMILES string of the molecule is Cc1cc(C=O)ccc1OC1CCNC1. The second kappa shape index (κ2) is 4.45. The Labute approximate surface area is 89.4 Å². The van der Waals surface area contributed by atoms with E-state index in [0.29, 0.717) is 5.56 Å². The lowest BCUT2D eigenvalue weighted by atomic mass is 10.1. The van der Waals surface area contributed by atoms with E-state index >= 15 is 0 Å². The minimum atomic E-state index is 0.269. The molecule has 1 fully saturated rings. The van der Waals surface area contributed by atoms with E-state index in [1.54, 1.807) is 6.07 Å². The van der Waals surface area contributed by atoms with Gasteiger partial charge in [-0.3, -0.25) is 4.79 Å². The van der Waals surface area contributed by atoms with Crippen molar-refractivity contribution in [3.8, 4) is 5.75 Å². The Hall–Kier alpha value is -1.35. The van der Waals surface area contributed by atoms with Crippen molar-refractivity contribution in [1.82, 2.24) is 5.32 Å². The monoisotopic (exact) mass is 205 g/mol.